The molecule has 0 amide bonds. The summed E-state index contributed by atoms with van der Waals surface area (Å²) in [7, 11) is 0. The fourth-order valence-electron chi connectivity index (χ4n) is 2.96. The highest BCUT2D eigenvalue weighted by atomic mass is 16.6. The maximum atomic E-state index is 6.33. The predicted molar refractivity (Wildman–Crippen MR) is 86.3 cm³/mol. The summed E-state index contributed by atoms with van der Waals surface area (Å²) in [5.41, 5.74) is -0.335. The molecule has 1 aliphatic heterocycles. The molecule has 21 heavy (non-hydrogen) atoms. The van der Waals surface area contributed by atoms with Gasteiger partial charge in [0.25, 0.3) is 0 Å². The van der Waals surface area contributed by atoms with Crippen molar-refractivity contribution in [2.75, 3.05) is 0 Å². The SMILES string of the molecule is CC1Oc2c(c3ccccc3c3ccccc23)OC1(C)C. The highest BCUT2D eigenvalue weighted by molar-refractivity contribution is 6.13. The standard InChI is InChI=1S/C19H18O2/c1-12-19(2,3)21-18-16-11-7-5-9-14(16)13-8-4-6-10-15(13)17(18)20-12/h4-12H,1-3H3. The van der Waals surface area contributed by atoms with E-state index in [0.717, 1.165) is 22.3 Å². The summed E-state index contributed by atoms with van der Waals surface area (Å²) in [6.45, 7) is 6.21. The van der Waals surface area contributed by atoms with Gasteiger partial charge in [0.05, 0.1) is 0 Å². The summed E-state index contributed by atoms with van der Waals surface area (Å²) in [6, 6.07) is 16.7. The molecule has 1 aliphatic rings. The maximum Gasteiger partial charge on any atom is 0.170 e. The van der Waals surface area contributed by atoms with Crippen molar-refractivity contribution in [3.8, 4) is 11.5 Å². The van der Waals surface area contributed by atoms with Crippen LogP contribution in [0.25, 0.3) is 21.5 Å². The Labute approximate surface area is 124 Å². The molecule has 4 rings (SSSR count). The molecule has 0 bridgehead atoms. The molecular weight excluding hydrogens is 260 g/mol. The summed E-state index contributed by atoms with van der Waals surface area (Å²) >= 11 is 0. The molecule has 1 atom stereocenters. The molecule has 0 aliphatic carbocycles. The molecule has 2 heteroatoms. The van der Waals surface area contributed by atoms with Gasteiger partial charge in [-0.15, -0.1) is 0 Å². The normalized spacial score (nSPS) is 19.9. The molecule has 0 spiro atoms. The van der Waals surface area contributed by atoms with E-state index in [0.29, 0.717) is 0 Å². The molecule has 0 saturated carbocycles. The molecular formula is C19H18O2. The highest BCUT2D eigenvalue weighted by Crippen LogP contribution is 2.48. The quantitative estimate of drug-likeness (QED) is 0.543. The molecule has 0 fully saturated rings. The lowest BCUT2D eigenvalue weighted by Crippen LogP contribution is -2.46. The molecule has 1 unspecified atom stereocenters. The van der Waals surface area contributed by atoms with Gasteiger partial charge < -0.3 is 9.47 Å². The smallest absolute Gasteiger partial charge is 0.170 e. The molecule has 0 N–H and O–H groups in total. The Hall–Kier alpha value is -2.22. The summed E-state index contributed by atoms with van der Waals surface area (Å²) in [6.07, 6.45) is 0.00886. The van der Waals surface area contributed by atoms with Crippen molar-refractivity contribution < 1.29 is 9.47 Å². The summed E-state index contributed by atoms with van der Waals surface area (Å²) < 4.78 is 12.6. The molecule has 0 saturated heterocycles. The molecule has 3 aromatic rings. The first-order chi connectivity index (χ1) is 10.1. The first-order valence-corrected chi connectivity index (χ1v) is 7.37. The van der Waals surface area contributed by atoms with Gasteiger partial charge >= 0.3 is 0 Å². The van der Waals surface area contributed by atoms with Crippen molar-refractivity contribution in [1.82, 2.24) is 0 Å². The third kappa shape index (κ3) is 1.72. The van der Waals surface area contributed by atoms with Gasteiger partial charge in [0, 0.05) is 10.8 Å². The first-order valence-electron chi connectivity index (χ1n) is 7.37. The van der Waals surface area contributed by atoms with E-state index in [4.69, 9.17) is 9.47 Å². The predicted octanol–water partition coefficient (Wildman–Crippen LogP) is 4.93. The number of benzene rings is 3. The van der Waals surface area contributed by atoms with Crippen molar-refractivity contribution in [3.63, 3.8) is 0 Å². The van der Waals surface area contributed by atoms with Crippen molar-refractivity contribution in [2.24, 2.45) is 0 Å². The van der Waals surface area contributed by atoms with Gasteiger partial charge in [0.2, 0.25) is 0 Å². The molecule has 0 radical (unpaired) electrons. The topological polar surface area (TPSA) is 18.5 Å². The lowest BCUT2D eigenvalue weighted by Gasteiger charge is -2.39. The number of hydrogen-bond acceptors (Lipinski definition) is 2. The van der Waals surface area contributed by atoms with Crippen molar-refractivity contribution in [3.05, 3.63) is 48.5 Å². The van der Waals surface area contributed by atoms with E-state index in [-0.39, 0.29) is 11.7 Å². The van der Waals surface area contributed by atoms with E-state index in [2.05, 4.69) is 57.2 Å². The Morgan fingerprint density at radius 2 is 1.24 bits per heavy atom. The van der Waals surface area contributed by atoms with Crippen LogP contribution >= 0.6 is 0 Å². The summed E-state index contributed by atoms with van der Waals surface area (Å²) in [5.74, 6) is 1.74. The van der Waals surface area contributed by atoms with E-state index < -0.39 is 0 Å². The van der Waals surface area contributed by atoms with Crippen LogP contribution in [0.15, 0.2) is 48.5 Å². The van der Waals surface area contributed by atoms with E-state index in [1.54, 1.807) is 0 Å². The maximum absolute atomic E-state index is 6.33. The van der Waals surface area contributed by atoms with Gasteiger partial charge in [-0.25, -0.2) is 0 Å². The largest absolute Gasteiger partial charge is 0.482 e. The van der Waals surface area contributed by atoms with Gasteiger partial charge in [0.15, 0.2) is 11.5 Å². The molecule has 1 heterocycles. The molecule has 106 valence electrons. The molecule has 2 nitrogen and oxygen atoms in total. The van der Waals surface area contributed by atoms with E-state index >= 15 is 0 Å². The minimum atomic E-state index is -0.335. The van der Waals surface area contributed by atoms with Gasteiger partial charge in [-0.05, 0) is 31.5 Å². The van der Waals surface area contributed by atoms with E-state index in [9.17, 15) is 0 Å². The summed E-state index contributed by atoms with van der Waals surface area (Å²) in [5, 5.41) is 4.66. The zero-order valence-corrected chi connectivity index (χ0v) is 12.5. The first kappa shape index (κ1) is 12.5. The van der Waals surface area contributed by atoms with Crippen molar-refractivity contribution in [2.45, 2.75) is 32.5 Å². The Kier molecular flexibility index (Phi) is 2.47. The minimum Gasteiger partial charge on any atom is -0.482 e. The van der Waals surface area contributed by atoms with Crippen LogP contribution in [-0.2, 0) is 0 Å². The van der Waals surface area contributed by atoms with Crippen molar-refractivity contribution in [1.29, 1.82) is 0 Å². The van der Waals surface area contributed by atoms with E-state index in [1.807, 2.05) is 12.1 Å². The van der Waals surface area contributed by atoms with Gasteiger partial charge in [0.1, 0.15) is 11.7 Å². The number of ether oxygens (including phenoxy) is 2. The van der Waals surface area contributed by atoms with Crippen LogP contribution in [0, 0.1) is 0 Å². The number of rotatable bonds is 0. The second-order valence-corrected chi connectivity index (χ2v) is 6.22. The second-order valence-electron chi connectivity index (χ2n) is 6.22. The van der Waals surface area contributed by atoms with Gasteiger partial charge in [-0.2, -0.15) is 0 Å². The minimum absolute atomic E-state index is 0.00886. The summed E-state index contributed by atoms with van der Waals surface area (Å²) in [4.78, 5) is 0. The number of fused-ring (bicyclic) bond motifs is 6. The lowest BCUT2D eigenvalue weighted by atomic mass is 9.96. The zero-order chi connectivity index (χ0) is 14.6. The van der Waals surface area contributed by atoms with Crippen molar-refractivity contribution >= 4 is 21.5 Å². The average molecular weight is 278 g/mol. The Morgan fingerprint density at radius 1 is 0.762 bits per heavy atom. The van der Waals surface area contributed by atoms with Crippen LogP contribution in [0.2, 0.25) is 0 Å². The third-order valence-corrected chi connectivity index (χ3v) is 4.48. The van der Waals surface area contributed by atoms with Crippen LogP contribution in [0.3, 0.4) is 0 Å². The Bertz CT molecular complexity index is 849. The van der Waals surface area contributed by atoms with Crippen LogP contribution in [-0.4, -0.2) is 11.7 Å². The van der Waals surface area contributed by atoms with Gasteiger partial charge in [-0.1, -0.05) is 48.5 Å². The fourth-order valence-corrected chi connectivity index (χ4v) is 2.96. The zero-order valence-electron chi connectivity index (χ0n) is 12.5. The van der Waals surface area contributed by atoms with Crippen LogP contribution < -0.4 is 9.47 Å². The number of hydrogen-bond donors (Lipinski definition) is 0. The molecule has 0 aromatic heterocycles. The van der Waals surface area contributed by atoms with Crippen LogP contribution in [0.1, 0.15) is 20.8 Å². The Morgan fingerprint density at radius 3 is 1.81 bits per heavy atom. The Balaban J connectivity index is 2.17. The van der Waals surface area contributed by atoms with E-state index in [1.165, 1.54) is 10.8 Å². The van der Waals surface area contributed by atoms with Crippen LogP contribution in [0.5, 0.6) is 11.5 Å². The highest BCUT2D eigenvalue weighted by Gasteiger charge is 2.37. The molecule has 3 aromatic carbocycles. The fraction of sp³-hybridized carbons (Fsp3) is 0.263. The van der Waals surface area contributed by atoms with Crippen LogP contribution in [0.4, 0.5) is 0 Å². The monoisotopic (exact) mass is 278 g/mol. The van der Waals surface area contributed by atoms with Gasteiger partial charge in [-0.3, -0.25) is 0 Å². The average Bonchev–Trinajstić information content (AvgIpc) is 2.49. The third-order valence-electron chi connectivity index (χ3n) is 4.48. The second kappa shape index (κ2) is 4.14. The lowest BCUT2D eigenvalue weighted by molar-refractivity contribution is -0.0298.